The Morgan fingerprint density at radius 3 is 2.72 bits per heavy atom. The SMILES string of the molecule is CC(C)[C@@H](NC(=O)C1CCN(c2nn3c(=O)c4c(nc3s2)CCCC4)CC1)c1cccs1. The topological polar surface area (TPSA) is 79.6 Å². The second-order valence-electron chi connectivity index (χ2n) is 9.14. The minimum atomic E-state index is -0.00484. The van der Waals surface area contributed by atoms with Gasteiger partial charge in [0.2, 0.25) is 16.0 Å². The molecule has 0 saturated carbocycles. The van der Waals surface area contributed by atoms with Crippen molar-refractivity contribution in [2.75, 3.05) is 18.0 Å². The largest absolute Gasteiger partial charge is 0.348 e. The van der Waals surface area contributed by atoms with E-state index in [9.17, 15) is 9.59 Å². The Labute approximate surface area is 195 Å². The Bertz CT molecular complexity index is 1160. The van der Waals surface area contributed by atoms with Crippen LogP contribution < -0.4 is 15.8 Å². The molecule has 1 aliphatic heterocycles. The fraction of sp³-hybridized carbons (Fsp3) is 0.565. The molecule has 32 heavy (non-hydrogen) atoms. The lowest BCUT2D eigenvalue weighted by atomic mass is 9.94. The number of aromatic nitrogens is 3. The molecule has 4 heterocycles. The highest BCUT2D eigenvalue weighted by Crippen LogP contribution is 2.30. The van der Waals surface area contributed by atoms with Gasteiger partial charge in [0.25, 0.3) is 5.56 Å². The van der Waals surface area contributed by atoms with Crippen LogP contribution >= 0.6 is 22.7 Å². The van der Waals surface area contributed by atoms with Gasteiger partial charge in [0, 0.05) is 29.4 Å². The van der Waals surface area contributed by atoms with E-state index in [4.69, 9.17) is 4.98 Å². The number of piperidine rings is 1. The number of amides is 1. The zero-order valence-electron chi connectivity index (χ0n) is 18.5. The molecule has 1 N–H and O–H groups in total. The van der Waals surface area contributed by atoms with Crippen molar-refractivity contribution in [3.8, 4) is 0 Å². The predicted molar refractivity (Wildman–Crippen MR) is 129 cm³/mol. The summed E-state index contributed by atoms with van der Waals surface area (Å²) in [5.41, 5.74) is 1.79. The number of anilines is 1. The number of thiophene rings is 1. The van der Waals surface area contributed by atoms with E-state index >= 15 is 0 Å². The summed E-state index contributed by atoms with van der Waals surface area (Å²) in [7, 11) is 0. The number of aryl methyl sites for hydroxylation is 1. The van der Waals surface area contributed by atoms with E-state index < -0.39 is 0 Å². The second-order valence-corrected chi connectivity index (χ2v) is 11.0. The van der Waals surface area contributed by atoms with Gasteiger partial charge in [0.15, 0.2) is 0 Å². The van der Waals surface area contributed by atoms with Crippen molar-refractivity contribution >= 4 is 38.7 Å². The van der Waals surface area contributed by atoms with E-state index in [1.54, 1.807) is 11.3 Å². The van der Waals surface area contributed by atoms with Crippen LogP contribution in [0.1, 0.15) is 61.7 Å². The minimum absolute atomic E-state index is 0.00484. The molecule has 9 heteroatoms. The average molecular weight is 472 g/mol. The second kappa shape index (κ2) is 8.94. The molecule has 3 aromatic rings. The zero-order valence-corrected chi connectivity index (χ0v) is 20.2. The molecule has 1 fully saturated rings. The first kappa shape index (κ1) is 21.6. The van der Waals surface area contributed by atoms with E-state index in [1.165, 1.54) is 20.7 Å². The maximum Gasteiger partial charge on any atom is 0.278 e. The van der Waals surface area contributed by atoms with Crippen LogP contribution in [-0.4, -0.2) is 33.6 Å². The Morgan fingerprint density at radius 2 is 2.00 bits per heavy atom. The molecule has 2 aliphatic rings. The molecule has 1 saturated heterocycles. The van der Waals surface area contributed by atoms with Gasteiger partial charge in [-0.25, -0.2) is 4.98 Å². The summed E-state index contributed by atoms with van der Waals surface area (Å²) in [6.45, 7) is 5.82. The van der Waals surface area contributed by atoms with Gasteiger partial charge in [-0.15, -0.1) is 16.4 Å². The van der Waals surface area contributed by atoms with Crippen LogP contribution in [0.4, 0.5) is 5.13 Å². The molecular weight excluding hydrogens is 442 g/mol. The van der Waals surface area contributed by atoms with Gasteiger partial charge < -0.3 is 10.2 Å². The first-order valence-corrected chi connectivity index (χ1v) is 13.2. The standard InChI is InChI=1S/C23H29N5O2S2/c1-14(2)19(18-8-5-13-31-18)25-20(29)15-9-11-27(12-10-15)23-26-28-21(30)16-6-3-4-7-17(16)24-22(28)32-23/h5,8,13-15,19H,3-4,6-7,9-12H2,1-2H3,(H,25,29)/t19-/m1/s1. The number of carbonyl (C=O) groups is 1. The molecule has 0 radical (unpaired) electrons. The highest BCUT2D eigenvalue weighted by atomic mass is 32.1. The van der Waals surface area contributed by atoms with Gasteiger partial charge in [-0.1, -0.05) is 31.3 Å². The average Bonchev–Trinajstić information content (AvgIpc) is 3.48. The molecule has 7 nitrogen and oxygen atoms in total. The van der Waals surface area contributed by atoms with E-state index in [-0.39, 0.29) is 23.4 Å². The first-order chi connectivity index (χ1) is 15.5. The monoisotopic (exact) mass is 471 g/mol. The number of nitrogens with zero attached hydrogens (tertiary/aromatic N) is 4. The molecule has 1 amide bonds. The Hall–Kier alpha value is -2.26. The van der Waals surface area contributed by atoms with Gasteiger partial charge in [0.05, 0.1) is 11.7 Å². The number of nitrogens with one attached hydrogen (secondary N) is 1. The van der Waals surface area contributed by atoms with Gasteiger partial charge >= 0.3 is 0 Å². The van der Waals surface area contributed by atoms with Crippen LogP contribution in [0.3, 0.4) is 0 Å². The zero-order chi connectivity index (χ0) is 22.2. The molecule has 0 spiro atoms. The van der Waals surface area contributed by atoms with Crippen LogP contribution in [0, 0.1) is 11.8 Å². The molecule has 0 unspecified atom stereocenters. The third-order valence-corrected chi connectivity index (χ3v) is 8.54. The number of carbonyl (C=O) groups excluding carboxylic acids is 1. The molecule has 170 valence electrons. The molecule has 3 aromatic heterocycles. The van der Waals surface area contributed by atoms with Gasteiger partial charge in [0.1, 0.15) is 0 Å². The Kier molecular flexibility index (Phi) is 6.03. The molecule has 0 aromatic carbocycles. The van der Waals surface area contributed by atoms with E-state index in [0.717, 1.165) is 68.0 Å². The van der Waals surface area contributed by atoms with E-state index in [0.29, 0.717) is 10.9 Å². The fourth-order valence-corrected chi connectivity index (χ4v) is 6.64. The highest BCUT2D eigenvalue weighted by Gasteiger charge is 2.30. The summed E-state index contributed by atoms with van der Waals surface area (Å²) >= 11 is 3.17. The van der Waals surface area contributed by atoms with Gasteiger partial charge in [-0.2, -0.15) is 4.52 Å². The smallest absolute Gasteiger partial charge is 0.278 e. The quantitative estimate of drug-likeness (QED) is 0.612. The highest BCUT2D eigenvalue weighted by molar-refractivity contribution is 7.20. The summed E-state index contributed by atoms with van der Waals surface area (Å²) in [5, 5.41) is 10.8. The van der Waals surface area contributed by atoms with Gasteiger partial charge in [-0.3, -0.25) is 9.59 Å². The number of fused-ring (bicyclic) bond motifs is 2. The summed E-state index contributed by atoms with van der Waals surface area (Å²) in [6.07, 6.45) is 5.41. The third-order valence-electron chi connectivity index (χ3n) is 6.62. The van der Waals surface area contributed by atoms with Crippen molar-refractivity contribution in [3.05, 3.63) is 44.0 Å². The van der Waals surface area contributed by atoms with Crippen molar-refractivity contribution in [2.24, 2.45) is 11.8 Å². The van der Waals surface area contributed by atoms with Crippen LogP contribution in [0.5, 0.6) is 0 Å². The number of rotatable bonds is 5. The predicted octanol–water partition coefficient (Wildman–Crippen LogP) is 3.82. The van der Waals surface area contributed by atoms with Crippen molar-refractivity contribution < 1.29 is 4.79 Å². The van der Waals surface area contributed by atoms with Crippen LogP contribution in [0.25, 0.3) is 4.96 Å². The summed E-state index contributed by atoms with van der Waals surface area (Å²) in [6, 6.07) is 4.20. The minimum Gasteiger partial charge on any atom is -0.348 e. The van der Waals surface area contributed by atoms with Crippen molar-refractivity contribution in [3.63, 3.8) is 0 Å². The molecule has 1 atom stereocenters. The molecule has 0 bridgehead atoms. The summed E-state index contributed by atoms with van der Waals surface area (Å²) in [4.78, 5) is 34.7. The van der Waals surface area contributed by atoms with Crippen LogP contribution in [-0.2, 0) is 17.6 Å². The van der Waals surface area contributed by atoms with Crippen molar-refractivity contribution in [1.29, 1.82) is 0 Å². The molecular formula is C23H29N5O2S2. The van der Waals surface area contributed by atoms with E-state index in [2.05, 4.69) is 40.6 Å². The van der Waals surface area contributed by atoms with Gasteiger partial charge in [-0.05, 0) is 55.9 Å². The van der Waals surface area contributed by atoms with Crippen LogP contribution in [0.15, 0.2) is 22.3 Å². The fourth-order valence-electron chi connectivity index (χ4n) is 4.73. The molecule has 5 rings (SSSR count). The third kappa shape index (κ3) is 4.08. The normalized spacial score (nSPS) is 18.2. The maximum absolute atomic E-state index is 13.0. The van der Waals surface area contributed by atoms with Crippen molar-refractivity contribution in [1.82, 2.24) is 19.9 Å². The lowest BCUT2D eigenvalue weighted by Crippen LogP contribution is -2.42. The van der Waals surface area contributed by atoms with E-state index in [1.807, 2.05) is 6.07 Å². The van der Waals surface area contributed by atoms with Crippen LogP contribution in [0.2, 0.25) is 0 Å². The summed E-state index contributed by atoms with van der Waals surface area (Å²) < 4.78 is 1.48. The van der Waals surface area contributed by atoms with Crippen molar-refractivity contribution in [2.45, 2.75) is 58.4 Å². The lowest BCUT2D eigenvalue weighted by molar-refractivity contribution is -0.126. The number of hydrogen-bond acceptors (Lipinski definition) is 7. The summed E-state index contributed by atoms with van der Waals surface area (Å²) in [5.74, 6) is 0.499. The molecule has 1 aliphatic carbocycles. The first-order valence-electron chi connectivity index (χ1n) is 11.5. The maximum atomic E-state index is 13.0. The number of hydrogen-bond donors (Lipinski definition) is 1. The Morgan fingerprint density at radius 1 is 1.22 bits per heavy atom. The Balaban J connectivity index is 1.26. The lowest BCUT2D eigenvalue weighted by Gasteiger charge is -2.32.